The molecule has 0 unspecified atom stereocenters. The summed E-state index contributed by atoms with van der Waals surface area (Å²) < 4.78 is 13.5. The highest BCUT2D eigenvalue weighted by molar-refractivity contribution is 7.71. The Labute approximate surface area is 73.4 Å². The van der Waals surface area contributed by atoms with Crippen molar-refractivity contribution in [3.63, 3.8) is 0 Å². The molecule has 0 radical (unpaired) electrons. The minimum atomic E-state index is -0.215. The Morgan fingerprint density at radius 3 is 2.50 bits per heavy atom. The molecule has 0 atom stereocenters. The standard InChI is InChI=1S/C8H7FN2S/c1-4-2-6-7(3-5(4)9)11-8(12)10-6/h2-3H,1H3,(H2,10,11,12). The number of halogens is 1. The third-order valence-corrected chi connectivity index (χ3v) is 2.00. The van der Waals surface area contributed by atoms with E-state index in [9.17, 15) is 4.39 Å². The van der Waals surface area contributed by atoms with Crippen LogP contribution in [0.25, 0.3) is 11.0 Å². The van der Waals surface area contributed by atoms with Gasteiger partial charge in [-0.15, -0.1) is 0 Å². The minimum Gasteiger partial charge on any atom is -0.331 e. The molecule has 0 spiro atoms. The zero-order chi connectivity index (χ0) is 8.72. The first-order valence-electron chi connectivity index (χ1n) is 3.55. The Bertz CT molecular complexity index is 441. The van der Waals surface area contributed by atoms with Crippen LogP contribution in [0.2, 0.25) is 0 Å². The Morgan fingerprint density at radius 1 is 1.25 bits per heavy atom. The van der Waals surface area contributed by atoms with Gasteiger partial charge in [-0.05, 0) is 36.8 Å². The summed E-state index contributed by atoms with van der Waals surface area (Å²) in [5, 5.41) is 0. The van der Waals surface area contributed by atoms with Crippen molar-refractivity contribution in [3.8, 4) is 0 Å². The van der Waals surface area contributed by atoms with Gasteiger partial charge in [-0.25, -0.2) is 4.39 Å². The second-order valence-electron chi connectivity index (χ2n) is 2.73. The van der Waals surface area contributed by atoms with E-state index in [-0.39, 0.29) is 5.82 Å². The number of aromatic nitrogens is 2. The van der Waals surface area contributed by atoms with Crippen molar-refractivity contribution >= 4 is 23.3 Å². The van der Waals surface area contributed by atoms with E-state index in [0.717, 1.165) is 5.52 Å². The minimum absolute atomic E-state index is 0.215. The van der Waals surface area contributed by atoms with Crippen LogP contribution in [-0.2, 0) is 0 Å². The second kappa shape index (κ2) is 2.42. The summed E-state index contributed by atoms with van der Waals surface area (Å²) in [6, 6.07) is 3.17. The van der Waals surface area contributed by atoms with Gasteiger partial charge in [-0.3, -0.25) is 0 Å². The molecule has 2 N–H and O–H groups in total. The van der Waals surface area contributed by atoms with Gasteiger partial charge in [-0.2, -0.15) is 0 Å². The van der Waals surface area contributed by atoms with E-state index in [0.29, 0.717) is 15.9 Å². The third-order valence-electron chi connectivity index (χ3n) is 1.80. The van der Waals surface area contributed by atoms with Crippen molar-refractivity contribution in [3.05, 3.63) is 28.3 Å². The molecule has 4 heteroatoms. The summed E-state index contributed by atoms with van der Waals surface area (Å²) in [6.07, 6.45) is 0. The highest BCUT2D eigenvalue weighted by atomic mass is 32.1. The van der Waals surface area contributed by atoms with Crippen LogP contribution in [0.5, 0.6) is 0 Å². The number of hydrogen-bond donors (Lipinski definition) is 2. The van der Waals surface area contributed by atoms with Crippen LogP contribution in [0.3, 0.4) is 0 Å². The molecule has 2 rings (SSSR count). The summed E-state index contributed by atoms with van der Waals surface area (Å²) in [7, 11) is 0. The van der Waals surface area contributed by atoms with Crippen LogP contribution < -0.4 is 0 Å². The van der Waals surface area contributed by atoms with Gasteiger partial charge in [0.2, 0.25) is 0 Å². The van der Waals surface area contributed by atoms with E-state index in [2.05, 4.69) is 9.97 Å². The van der Waals surface area contributed by atoms with E-state index in [1.54, 1.807) is 13.0 Å². The lowest BCUT2D eigenvalue weighted by Gasteiger charge is -1.94. The van der Waals surface area contributed by atoms with E-state index < -0.39 is 0 Å². The summed E-state index contributed by atoms with van der Waals surface area (Å²) in [4.78, 5) is 5.76. The van der Waals surface area contributed by atoms with Gasteiger partial charge in [0.1, 0.15) is 5.82 Å². The number of benzene rings is 1. The Morgan fingerprint density at radius 2 is 1.83 bits per heavy atom. The quantitative estimate of drug-likeness (QED) is 0.603. The molecular weight excluding hydrogens is 175 g/mol. The van der Waals surface area contributed by atoms with Crippen molar-refractivity contribution < 1.29 is 4.39 Å². The lowest BCUT2D eigenvalue weighted by Crippen LogP contribution is -1.81. The first-order valence-corrected chi connectivity index (χ1v) is 3.96. The third kappa shape index (κ3) is 1.04. The molecule has 12 heavy (non-hydrogen) atoms. The van der Waals surface area contributed by atoms with E-state index in [1.165, 1.54) is 6.07 Å². The zero-order valence-corrected chi connectivity index (χ0v) is 7.26. The van der Waals surface area contributed by atoms with Crippen molar-refractivity contribution in [2.75, 3.05) is 0 Å². The monoisotopic (exact) mass is 182 g/mol. The molecule has 0 fully saturated rings. The average molecular weight is 182 g/mol. The maximum absolute atomic E-state index is 13.0. The van der Waals surface area contributed by atoms with Gasteiger partial charge < -0.3 is 9.97 Å². The first-order chi connectivity index (χ1) is 5.66. The summed E-state index contributed by atoms with van der Waals surface area (Å²) in [5.41, 5.74) is 2.18. The lowest BCUT2D eigenvalue weighted by molar-refractivity contribution is 0.620. The largest absolute Gasteiger partial charge is 0.331 e. The van der Waals surface area contributed by atoms with Crippen LogP contribution in [0.4, 0.5) is 4.39 Å². The molecule has 0 aliphatic heterocycles. The second-order valence-corrected chi connectivity index (χ2v) is 3.13. The summed E-state index contributed by atoms with van der Waals surface area (Å²) in [6.45, 7) is 1.72. The summed E-state index contributed by atoms with van der Waals surface area (Å²) >= 11 is 4.87. The zero-order valence-electron chi connectivity index (χ0n) is 6.44. The van der Waals surface area contributed by atoms with E-state index in [4.69, 9.17) is 12.2 Å². The molecule has 0 saturated carbocycles. The number of H-pyrrole nitrogens is 2. The molecule has 0 bridgehead atoms. The molecule has 2 aromatic rings. The van der Waals surface area contributed by atoms with Gasteiger partial charge >= 0.3 is 0 Å². The number of imidazole rings is 1. The maximum Gasteiger partial charge on any atom is 0.175 e. The maximum atomic E-state index is 13.0. The van der Waals surface area contributed by atoms with Crippen LogP contribution >= 0.6 is 12.2 Å². The Hall–Kier alpha value is -1.16. The van der Waals surface area contributed by atoms with Crippen molar-refractivity contribution in [1.29, 1.82) is 0 Å². The molecular formula is C8H7FN2S. The molecule has 62 valence electrons. The first kappa shape index (κ1) is 7.49. The van der Waals surface area contributed by atoms with Crippen molar-refractivity contribution in [1.82, 2.24) is 9.97 Å². The number of nitrogens with one attached hydrogen (secondary N) is 2. The van der Waals surface area contributed by atoms with Gasteiger partial charge in [-0.1, -0.05) is 0 Å². The highest BCUT2D eigenvalue weighted by Gasteiger charge is 2.01. The van der Waals surface area contributed by atoms with Gasteiger partial charge in [0.25, 0.3) is 0 Å². The fourth-order valence-electron chi connectivity index (χ4n) is 1.16. The summed E-state index contributed by atoms with van der Waals surface area (Å²) in [5.74, 6) is -0.215. The fourth-order valence-corrected chi connectivity index (χ4v) is 1.38. The van der Waals surface area contributed by atoms with Crippen molar-refractivity contribution in [2.24, 2.45) is 0 Å². The number of aromatic amines is 2. The van der Waals surface area contributed by atoms with Crippen LogP contribution in [0, 0.1) is 17.5 Å². The lowest BCUT2D eigenvalue weighted by atomic mass is 10.2. The van der Waals surface area contributed by atoms with Gasteiger partial charge in [0, 0.05) is 0 Å². The molecule has 1 aromatic heterocycles. The van der Waals surface area contributed by atoms with Crippen LogP contribution in [0.15, 0.2) is 12.1 Å². The molecule has 0 aliphatic rings. The predicted molar refractivity (Wildman–Crippen MR) is 48.2 cm³/mol. The molecule has 0 amide bonds. The number of rotatable bonds is 0. The number of aryl methyl sites for hydroxylation is 1. The smallest absolute Gasteiger partial charge is 0.175 e. The topological polar surface area (TPSA) is 31.6 Å². The van der Waals surface area contributed by atoms with Crippen LogP contribution in [-0.4, -0.2) is 9.97 Å². The highest BCUT2D eigenvalue weighted by Crippen LogP contribution is 2.15. The van der Waals surface area contributed by atoms with Crippen molar-refractivity contribution in [2.45, 2.75) is 6.92 Å². The Kier molecular flexibility index (Phi) is 1.51. The number of fused-ring (bicyclic) bond motifs is 1. The van der Waals surface area contributed by atoms with E-state index in [1.807, 2.05) is 0 Å². The normalized spacial score (nSPS) is 10.8. The average Bonchev–Trinajstić information content (AvgIpc) is 2.30. The van der Waals surface area contributed by atoms with Crippen LogP contribution in [0.1, 0.15) is 5.56 Å². The predicted octanol–water partition coefficient (Wildman–Crippen LogP) is 2.67. The fraction of sp³-hybridized carbons (Fsp3) is 0.125. The Balaban J connectivity index is 2.92. The van der Waals surface area contributed by atoms with Gasteiger partial charge in [0.15, 0.2) is 4.77 Å². The molecule has 0 saturated heterocycles. The molecule has 1 aromatic carbocycles. The molecule has 2 nitrogen and oxygen atoms in total. The number of hydrogen-bond acceptors (Lipinski definition) is 1. The molecule has 0 aliphatic carbocycles. The van der Waals surface area contributed by atoms with Gasteiger partial charge in [0.05, 0.1) is 11.0 Å². The molecule has 1 heterocycles. The van der Waals surface area contributed by atoms with E-state index >= 15 is 0 Å². The SMILES string of the molecule is Cc1cc2[nH]c(=S)[nH]c2cc1F.